The van der Waals surface area contributed by atoms with Crippen LogP contribution >= 0.6 is 22.6 Å². The van der Waals surface area contributed by atoms with Gasteiger partial charge in [-0.25, -0.2) is 0 Å². The molecule has 0 radical (unpaired) electrons. The van der Waals surface area contributed by atoms with E-state index in [1.54, 1.807) is 0 Å². The zero-order valence-electron chi connectivity index (χ0n) is 7.38. The summed E-state index contributed by atoms with van der Waals surface area (Å²) in [5.41, 5.74) is 0. The van der Waals surface area contributed by atoms with Gasteiger partial charge in [-0.15, -0.1) is 0 Å². The Labute approximate surface area is 87.5 Å². The van der Waals surface area contributed by atoms with E-state index in [9.17, 15) is 4.79 Å². The quantitative estimate of drug-likeness (QED) is 0.246. The first-order valence-electron chi connectivity index (χ1n) is 4.11. The van der Waals surface area contributed by atoms with Gasteiger partial charge in [0.25, 0.3) is 0 Å². The van der Waals surface area contributed by atoms with Crippen molar-refractivity contribution >= 4 is 28.6 Å². The lowest BCUT2D eigenvalue weighted by Crippen LogP contribution is -1.99. The summed E-state index contributed by atoms with van der Waals surface area (Å²) in [6, 6.07) is 0. The highest BCUT2D eigenvalue weighted by Gasteiger charge is 1.89. The molecular formula is C9H15IO2. The molecule has 70 valence electrons. The summed E-state index contributed by atoms with van der Waals surface area (Å²) in [5.74, 6) is -0.189. The molecular weight excluding hydrogens is 267 g/mol. The van der Waals surface area contributed by atoms with Crippen molar-refractivity contribution in [3.05, 3.63) is 12.2 Å². The van der Waals surface area contributed by atoms with E-state index in [0.29, 0.717) is 6.61 Å². The number of hydrogen-bond donors (Lipinski definition) is 0. The second-order valence-electron chi connectivity index (χ2n) is 2.43. The van der Waals surface area contributed by atoms with Crippen LogP contribution in [0.2, 0.25) is 0 Å². The molecule has 0 aliphatic rings. The van der Waals surface area contributed by atoms with E-state index >= 15 is 0 Å². The van der Waals surface area contributed by atoms with Crippen LogP contribution < -0.4 is 0 Å². The molecule has 0 spiro atoms. The van der Waals surface area contributed by atoms with Gasteiger partial charge >= 0.3 is 5.97 Å². The Kier molecular flexibility index (Phi) is 8.99. The summed E-state index contributed by atoms with van der Waals surface area (Å²) in [4.78, 5) is 10.3. The third-order valence-electron chi connectivity index (χ3n) is 1.26. The molecule has 0 bridgehead atoms. The lowest BCUT2D eigenvalue weighted by atomic mass is 10.3. The first-order chi connectivity index (χ1) is 5.77. The number of carbonyl (C=O) groups is 1. The third-order valence-corrected chi connectivity index (χ3v) is 1.89. The average Bonchev–Trinajstić information content (AvgIpc) is 2.02. The smallest absolute Gasteiger partial charge is 0.302 e. The highest BCUT2D eigenvalue weighted by atomic mass is 127. The Morgan fingerprint density at radius 3 is 2.67 bits per heavy atom. The molecule has 0 atom stereocenters. The Bertz CT molecular complexity index is 143. The van der Waals surface area contributed by atoms with E-state index in [0.717, 1.165) is 23.7 Å². The number of ether oxygens (including phenoxy) is 1. The van der Waals surface area contributed by atoms with Gasteiger partial charge in [-0.05, 0) is 19.3 Å². The van der Waals surface area contributed by atoms with Crippen LogP contribution in [0.4, 0.5) is 0 Å². The van der Waals surface area contributed by atoms with E-state index < -0.39 is 0 Å². The van der Waals surface area contributed by atoms with E-state index in [2.05, 4.69) is 34.7 Å². The molecule has 2 nitrogen and oxygen atoms in total. The zero-order valence-corrected chi connectivity index (χ0v) is 9.54. The molecule has 0 amide bonds. The first-order valence-corrected chi connectivity index (χ1v) is 5.64. The van der Waals surface area contributed by atoms with Crippen molar-refractivity contribution in [2.45, 2.75) is 26.2 Å². The maximum absolute atomic E-state index is 10.3. The van der Waals surface area contributed by atoms with Gasteiger partial charge in [0.15, 0.2) is 0 Å². The van der Waals surface area contributed by atoms with Crippen molar-refractivity contribution in [3.8, 4) is 0 Å². The Balaban J connectivity index is 3.05. The van der Waals surface area contributed by atoms with Crippen LogP contribution in [0.3, 0.4) is 0 Å². The summed E-state index contributed by atoms with van der Waals surface area (Å²) in [5, 5.41) is 0. The van der Waals surface area contributed by atoms with Gasteiger partial charge < -0.3 is 4.74 Å². The van der Waals surface area contributed by atoms with E-state index in [-0.39, 0.29) is 5.97 Å². The number of halogens is 1. The van der Waals surface area contributed by atoms with Crippen molar-refractivity contribution in [3.63, 3.8) is 0 Å². The maximum atomic E-state index is 10.3. The predicted octanol–water partition coefficient (Wildman–Crippen LogP) is 2.71. The molecule has 0 aromatic rings. The highest BCUT2D eigenvalue weighted by molar-refractivity contribution is 14.1. The maximum Gasteiger partial charge on any atom is 0.302 e. The van der Waals surface area contributed by atoms with Gasteiger partial charge in [-0.2, -0.15) is 0 Å². The number of esters is 1. The fourth-order valence-electron chi connectivity index (χ4n) is 0.716. The molecule has 0 saturated carbocycles. The number of rotatable bonds is 6. The molecule has 0 aromatic carbocycles. The molecule has 0 aliphatic carbocycles. The predicted molar refractivity (Wildman–Crippen MR) is 58.5 cm³/mol. The van der Waals surface area contributed by atoms with Crippen LogP contribution in [0, 0.1) is 0 Å². The topological polar surface area (TPSA) is 26.3 Å². The zero-order chi connectivity index (χ0) is 9.23. The molecule has 0 aliphatic heterocycles. The molecule has 0 heterocycles. The van der Waals surface area contributed by atoms with Gasteiger partial charge in [0.05, 0.1) is 6.61 Å². The molecule has 0 unspecified atom stereocenters. The lowest BCUT2D eigenvalue weighted by Gasteiger charge is -1.97. The minimum atomic E-state index is -0.189. The van der Waals surface area contributed by atoms with Crippen molar-refractivity contribution < 1.29 is 9.53 Å². The van der Waals surface area contributed by atoms with E-state index in [1.807, 2.05) is 0 Å². The van der Waals surface area contributed by atoms with Crippen LogP contribution in [0.5, 0.6) is 0 Å². The number of unbranched alkanes of at least 4 members (excludes halogenated alkanes) is 1. The summed E-state index contributed by atoms with van der Waals surface area (Å²) >= 11 is 2.34. The minimum absolute atomic E-state index is 0.189. The summed E-state index contributed by atoms with van der Waals surface area (Å²) < 4.78 is 5.94. The number of hydrogen-bond acceptors (Lipinski definition) is 2. The summed E-state index contributed by atoms with van der Waals surface area (Å²) in [7, 11) is 0. The largest absolute Gasteiger partial charge is 0.466 e. The van der Waals surface area contributed by atoms with Crippen LogP contribution in [0.25, 0.3) is 0 Å². The van der Waals surface area contributed by atoms with Crippen molar-refractivity contribution in [2.75, 3.05) is 11.0 Å². The average molecular weight is 282 g/mol. The number of alkyl halides is 1. The number of allylic oxidation sites excluding steroid dienone is 2. The molecule has 12 heavy (non-hydrogen) atoms. The molecule has 3 heteroatoms. The van der Waals surface area contributed by atoms with Crippen molar-refractivity contribution in [2.24, 2.45) is 0 Å². The van der Waals surface area contributed by atoms with Gasteiger partial charge in [-0.3, -0.25) is 4.79 Å². The molecule has 0 rings (SSSR count). The molecule has 0 aromatic heterocycles. The number of carbonyl (C=O) groups excluding carboxylic acids is 1. The highest BCUT2D eigenvalue weighted by Crippen LogP contribution is 1.95. The fraction of sp³-hybridized carbons (Fsp3) is 0.667. The van der Waals surface area contributed by atoms with Gasteiger partial charge in [0.2, 0.25) is 0 Å². The summed E-state index contributed by atoms with van der Waals surface area (Å²) in [6.45, 7) is 1.98. The van der Waals surface area contributed by atoms with Crippen LogP contribution in [-0.4, -0.2) is 17.0 Å². The Morgan fingerprint density at radius 2 is 2.08 bits per heavy atom. The van der Waals surface area contributed by atoms with E-state index in [1.165, 1.54) is 6.92 Å². The van der Waals surface area contributed by atoms with E-state index in [4.69, 9.17) is 4.74 Å². The normalized spacial score (nSPS) is 10.5. The fourth-order valence-corrected chi connectivity index (χ4v) is 1.08. The third kappa shape index (κ3) is 9.94. The summed E-state index contributed by atoms with van der Waals surface area (Å²) in [6.07, 6.45) is 7.37. The van der Waals surface area contributed by atoms with Gasteiger partial charge in [0.1, 0.15) is 0 Å². The Hall–Kier alpha value is -0.0600. The first kappa shape index (κ1) is 11.9. The second kappa shape index (κ2) is 9.03. The van der Waals surface area contributed by atoms with Crippen LogP contribution in [0.15, 0.2) is 12.2 Å². The molecule has 0 N–H and O–H groups in total. The lowest BCUT2D eigenvalue weighted by molar-refractivity contribution is -0.141. The minimum Gasteiger partial charge on any atom is -0.466 e. The van der Waals surface area contributed by atoms with Crippen LogP contribution in [0.1, 0.15) is 26.2 Å². The Morgan fingerprint density at radius 1 is 1.42 bits per heavy atom. The SMILES string of the molecule is CC(=O)OCCC/C=C\CCI. The van der Waals surface area contributed by atoms with Gasteiger partial charge in [0, 0.05) is 11.4 Å². The van der Waals surface area contributed by atoms with Crippen molar-refractivity contribution in [1.29, 1.82) is 0 Å². The van der Waals surface area contributed by atoms with Crippen molar-refractivity contribution in [1.82, 2.24) is 0 Å². The van der Waals surface area contributed by atoms with Crippen LogP contribution in [-0.2, 0) is 9.53 Å². The molecule has 0 saturated heterocycles. The standard InChI is InChI=1S/C9H15IO2/c1-9(11)12-8-6-4-2-3-5-7-10/h2-3H,4-8H2,1H3/b3-2-. The second-order valence-corrected chi connectivity index (χ2v) is 3.51. The molecule has 0 fully saturated rings. The van der Waals surface area contributed by atoms with Gasteiger partial charge in [-0.1, -0.05) is 34.7 Å². The monoisotopic (exact) mass is 282 g/mol.